The molecule has 1 aromatic carbocycles. The largest absolute Gasteiger partial charge is 0.492 e. The Kier molecular flexibility index (Phi) is 9.84. The average Bonchev–Trinajstić information content (AvgIpc) is 3.13. The normalized spacial score (nSPS) is 13.5. The van der Waals surface area contributed by atoms with E-state index in [1.807, 2.05) is 54.8 Å². The van der Waals surface area contributed by atoms with E-state index in [0.29, 0.717) is 25.7 Å². The van der Waals surface area contributed by atoms with Crippen molar-refractivity contribution >= 4 is 41.3 Å². The van der Waals surface area contributed by atoms with Crippen molar-refractivity contribution in [3.05, 3.63) is 52.7 Å². The Morgan fingerprint density at radius 3 is 2.60 bits per heavy atom. The highest BCUT2D eigenvalue weighted by atomic mass is 127. The van der Waals surface area contributed by atoms with Crippen LogP contribution in [0.25, 0.3) is 0 Å². The fraction of sp³-hybridized carbons (Fsp3) is 0.389. The number of halogens is 1. The highest BCUT2D eigenvalue weighted by molar-refractivity contribution is 14.0. The van der Waals surface area contributed by atoms with Crippen LogP contribution in [0.5, 0.6) is 5.75 Å². The van der Waals surface area contributed by atoms with Gasteiger partial charge in [0.05, 0.1) is 13.1 Å². The molecule has 0 amide bonds. The SMILES string of the molecule is CCNC(=NCC(C)(O)c1cccs1)NCCOc1ccccc1.I. The summed E-state index contributed by atoms with van der Waals surface area (Å²) >= 11 is 1.53. The van der Waals surface area contributed by atoms with Crippen molar-refractivity contribution in [2.45, 2.75) is 19.4 Å². The standard InChI is InChI=1S/C18H25N3O2S.HI/c1-3-19-17(20-11-12-23-15-8-5-4-6-9-15)21-14-18(2,22)16-10-7-13-24-16;/h4-10,13,22H,3,11-12,14H2,1-2H3,(H2,19,20,21);1H. The zero-order valence-electron chi connectivity index (χ0n) is 14.6. The molecule has 138 valence electrons. The maximum atomic E-state index is 10.5. The van der Waals surface area contributed by atoms with Gasteiger partial charge >= 0.3 is 0 Å². The number of hydrogen-bond acceptors (Lipinski definition) is 4. The number of rotatable bonds is 8. The lowest BCUT2D eigenvalue weighted by atomic mass is 10.1. The van der Waals surface area contributed by atoms with Crippen molar-refractivity contribution < 1.29 is 9.84 Å². The Bertz CT molecular complexity index is 619. The summed E-state index contributed by atoms with van der Waals surface area (Å²) in [7, 11) is 0. The molecule has 1 aromatic heterocycles. The lowest BCUT2D eigenvalue weighted by molar-refractivity contribution is 0.0711. The predicted octanol–water partition coefficient (Wildman–Crippen LogP) is 3.21. The van der Waals surface area contributed by atoms with E-state index in [9.17, 15) is 5.11 Å². The molecule has 2 rings (SSSR count). The molecule has 2 aromatic rings. The molecule has 1 heterocycles. The van der Waals surface area contributed by atoms with E-state index in [4.69, 9.17) is 4.74 Å². The summed E-state index contributed by atoms with van der Waals surface area (Å²) in [5.74, 6) is 1.52. The van der Waals surface area contributed by atoms with Crippen LogP contribution >= 0.6 is 35.3 Å². The second-order valence-corrected chi connectivity index (χ2v) is 6.48. The predicted molar refractivity (Wildman–Crippen MR) is 115 cm³/mol. The molecule has 0 fully saturated rings. The van der Waals surface area contributed by atoms with E-state index in [-0.39, 0.29) is 24.0 Å². The van der Waals surface area contributed by atoms with E-state index < -0.39 is 5.60 Å². The number of aliphatic hydroxyl groups is 1. The molecule has 5 nitrogen and oxygen atoms in total. The van der Waals surface area contributed by atoms with E-state index >= 15 is 0 Å². The van der Waals surface area contributed by atoms with Gasteiger partial charge < -0.3 is 20.5 Å². The molecule has 0 saturated carbocycles. The van der Waals surface area contributed by atoms with Crippen LogP contribution in [0.3, 0.4) is 0 Å². The Morgan fingerprint density at radius 2 is 1.96 bits per heavy atom. The molecule has 0 radical (unpaired) electrons. The van der Waals surface area contributed by atoms with Gasteiger partial charge in [0.2, 0.25) is 0 Å². The Balaban J connectivity index is 0.00000312. The van der Waals surface area contributed by atoms with Gasteiger partial charge in [0, 0.05) is 11.4 Å². The minimum Gasteiger partial charge on any atom is -0.492 e. The summed E-state index contributed by atoms with van der Waals surface area (Å²) in [5, 5.41) is 18.9. The van der Waals surface area contributed by atoms with Gasteiger partial charge in [0.1, 0.15) is 18.0 Å². The molecule has 3 N–H and O–H groups in total. The van der Waals surface area contributed by atoms with Crippen LogP contribution in [0.2, 0.25) is 0 Å². The molecule has 0 bridgehead atoms. The van der Waals surface area contributed by atoms with Crippen LogP contribution in [0.4, 0.5) is 0 Å². The molecule has 0 spiro atoms. The fourth-order valence-electron chi connectivity index (χ4n) is 2.09. The maximum absolute atomic E-state index is 10.5. The average molecular weight is 475 g/mol. The number of guanidine groups is 1. The van der Waals surface area contributed by atoms with Gasteiger partial charge in [-0.2, -0.15) is 0 Å². The van der Waals surface area contributed by atoms with Crippen molar-refractivity contribution in [2.75, 3.05) is 26.2 Å². The highest BCUT2D eigenvalue weighted by Crippen LogP contribution is 2.25. The molecule has 0 aliphatic rings. The van der Waals surface area contributed by atoms with Gasteiger partial charge in [-0.15, -0.1) is 35.3 Å². The third kappa shape index (κ3) is 7.62. The number of nitrogens with zero attached hydrogens (tertiary/aromatic N) is 1. The van der Waals surface area contributed by atoms with Crippen molar-refractivity contribution in [3.63, 3.8) is 0 Å². The summed E-state index contributed by atoms with van der Waals surface area (Å²) in [6, 6.07) is 13.6. The first-order chi connectivity index (χ1) is 11.6. The van der Waals surface area contributed by atoms with Gasteiger partial charge in [-0.3, -0.25) is 0 Å². The third-order valence-corrected chi connectivity index (χ3v) is 4.47. The lowest BCUT2D eigenvalue weighted by Crippen LogP contribution is -2.40. The number of aliphatic imine (C=N–C) groups is 1. The third-order valence-electron chi connectivity index (χ3n) is 3.35. The van der Waals surface area contributed by atoms with Gasteiger partial charge in [-0.25, -0.2) is 4.99 Å². The number of benzene rings is 1. The summed E-state index contributed by atoms with van der Waals surface area (Å²) < 4.78 is 5.65. The first-order valence-corrected chi connectivity index (χ1v) is 8.96. The van der Waals surface area contributed by atoms with Crippen molar-refractivity contribution in [2.24, 2.45) is 4.99 Å². The molecule has 7 heteroatoms. The number of nitrogens with one attached hydrogen (secondary N) is 2. The van der Waals surface area contributed by atoms with Crippen LogP contribution < -0.4 is 15.4 Å². The zero-order chi connectivity index (χ0) is 17.3. The number of para-hydroxylation sites is 1. The number of ether oxygens (including phenoxy) is 1. The first kappa shape index (κ1) is 21.7. The first-order valence-electron chi connectivity index (χ1n) is 8.08. The van der Waals surface area contributed by atoms with Crippen LogP contribution in [0.1, 0.15) is 18.7 Å². The van der Waals surface area contributed by atoms with Crippen molar-refractivity contribution in [1.29, 1.82) is 0 Å². The van der Waals surface area contributed by atoms with Crippen LogP contribution in [-0.4, -0.2) is 37.3 Å². The van der Waals surface area contributed by atoms with Gasteiger partial charge in [-0.1, -0.05) is 24.3 Å². The van der Waals surface area contributed by atoms with Crippen LogP contribution in [0.15, 0.2) is 52.8 Å². The minimum absolute atomic E-state index is 0. The van der Waals surface area contributed by atoms with E-state index in [2.05, 4.69) is 15.6 Å². The van der Waals surface area contributed by atoms with Crippen LogP contribution in [-0.2, 0) is 5.60 Å². The van der Waals surface area contributed by atoms with E-state index in [0.717, 1.165) is 17.2 Å². The zero-order valence-corrected chi connectivity index (χ0v) is 17.7. The van der Waals surface area contributed by atoms with Gasteiger partial charge in [0.15, 0.2) is 5.96 Å². The molecule has 25 heavy (non-hydrogen) atoms. The summed E-state index contributed by atoms with van der Waals surface area (Å²) in [5.41, 5.74) is -0.961. The quantitative estimate of drug-likeness (QED) is 0.238. The fourth-order valence-corrected chi connectivity index (χ4v) is 2.87. The van der Waals surface area contributed by atoms with Crippen LogP contribution in [0, 0.1) is 0 Å². The topological polar surface area (TPSA) is 65.9 Å². The Hall–Kier alpha value is -1.32. The van der Waals surface area contributed by atoms with Gasteiger partial charge in [0.25, 0.3) is 0 Å². The highest BCUT2D eigenvalue weighted by Gasteiger charge is 2.23. The van der Waals surface area contributed by atoms with Gasteiger partial charge in [-0.05, 0) is 37.4 Å². The number of thiophene rings is 1. The molecular weight excluding hydrogens is 449 g/mol. The molecule has 0 aliphatic heterocycles. The second kappa shape index (κ2) is 11.3. The smallest absolute Gasteiger partial charge is 0.191 e. The molecule has 1 unspecified atom stereocenters. The Labute approximate surface area is 170 Å². The summed E-state index contributed by atoms with van der Waals surface area (Å²) in [4.78, 5) is 5.39. The Morgan fingerprint density at radius 1 is 1.20 bits per heavy atom. The van der Waals surface area contributed by atoms with Crippen molar-refractivity contribution in [3.8, 4) is 5.75 Å². The summed E-state index contributed by atoms with van der Waals surface area (Å²) in [6.45, 7) is 6.01. The molecule has 1 atom stereocenters. The van der Waals surface area contributed by atoms with Crippen molar-refractivity contribution in [1.82, 2.24) is 10.6 Å². The minimum atomic E-state index is -0.961. The monoisotopic (exact) mass is 475 g/mol. The van der Waals surface area contributed by atoms with E-state index in [1.165, 1.54) is 11.3 Å². The van der Waals surface area contributed by atoms with E-state index in [1.54, 1.807) is 6.92 Å². The maximum Gasteiger partial charge on any atom is 0.191 e. The molecular formula is C18H26IN3O2S. The lowest BCUT2D eigenvalue weighted by Gasteiger charge is -2.20. The summed E-state index contributed by atoms with van der Waals surface area (Å²) in [6.07, 6.45) is 0. The molecule has 0 saturated heterocycles. The second-order valence-electron chi connectivity index (χ2n) is 5.53. The number of hydrogen-bond donors (Lipinski definition) is 3. The molecule has 0 aliphatic carbocycles.